The number of carboxylic acids is 1. The van der Waals surface area contributed by atoms with Crippen LogP contribution < -0.4 is 14.6 Å². The molecule has 0 aromatic heterocycles. The van der Waals surface area contributed by atoms with Crippen molar-refractivity contribution in [1.82, 2.24) is 4.90 Å². The summed E-state index contributed by atoms with van der Waals surface area (Å²) in [5, 5.41) is 10.5. The third kappa shape index (κ3) is 71.6. The topological polar surface area (TPSA) is 223 Å². The normalized spacial score (nSPS) is 12.4. The zero-order chi connectivity index (χ0) is 74.4. The van der Waals surface area contributed by atoms with Crippen LogP contribution in [0.2, 0.25) is 0 Å². The fourth-order valence-corrected chi connectivity index (χ4v) is 12.4. The SMILES string of the molecule is CCCCCCCCCCCCCCCCCC(=O)OC[C@H](COP(=O)(O)OCC[N+](C)(C)C)OC(=O)CCCCCCCCCCCCCCCCC.CCCCCCCCCOC(=O)CCCCCCCOc1ccc(OCCCCCCCC(=O)[O-])cc1COC(=O)CCCN(C)C. The van der Waals surface area contributed by atoms with Crippen LogP contribution in [0.3, 0.4) is 0 Å². The van der Waals surface area contributed by atoms with E-state index in [-0.39, 0.29) is 50.6 Å². The van der Waals surface area contributed by atoms with E-state index in [4.69, 9.17) is 37.5 Å². The summed E-state index contributed by atoms with van der Waals surface area (Å²) >= 11 is 0. The number of carbonyl (C=O) groups is 5. The van der Waals surface area contributed by atoms with Gasteiger partial charge in [-0.1, -0.05) is 278 Å². The van der Waals surface area contributed by atoms with Gasteiger partial charge in [-0.25, -0.2) is 4.57 Å². The highest BCUT2D eigenvalue weighted by Gasteiger charge is 2.27. The van der Waals surface area contributed by atoms with Crippen LogP contribution in [-0.4, -0.2) is 138 Å². The number of benzene rings is 1. The first-order valence-corrected chi connectivity index (χ1v) is 42.6. The maximum Gasteiger partial charge on any atom is 0.472 e. The van der Waals surface area contributed by atoms with Crippen molar-refractivity contribution in [3.63, 3.8) is 0 Å². The summed E-state index contributed by atoms with van der Waals surface area (Å²) in [4.78, 5) is 72.2. The monoisotopic (exact) mass is 1450 g/mol. The van der Waals surface area contributed by atoms with Crippen molar-refractivity contribution >= 4 is 37.7 Å². The Labute approximate surface area is 617 Å². The Balaban J connectivity index is 0.00000200. The summed E-state index contributed by atoms with van der Waals surface area (Å²) in [6, 6.07) is 5.64. The summed E-state index contributed by atoms with van der Waals surface area (Å²) < 4.78 is 57.3. The van der Waals surface area contributed by atoms with Crippen LogP contribution in [0.4, 0.5) is 0 Å². The van der Waals surface area contributed by atoms with E-state index in [9.17, 15) is 38.5 Å². The fourth-order valence-electron chi connectivity index (χ4n) is 11.7. The average Bonchev–Trinajstić information content (AvgIpc) is 0.877. The Morgan fingerprint density at radius 1 is 0.426 bits per heavy atom. The summed E-state index contributed by atoms with van der Waals surface area (Å²) in [5.74, 6) is -0.692. The van der Waals surface area contributed by atoms with Gasteiger partial charge in [0, 0.05) is 37.2 Å². The second kappa shape index (κ2) is 70.5. The van der Waals surface area contributed by atoms with Gasteiger partial charge in [0.1, 0.15) is 37.9 Å². The number of hydrogen-bond acceptors (Lipinski definition) is 16. The second-order valence-electron chi connectivity index (χ2n) is 29.6. The average molecular weight is 1450 g/mol. The molecule has 18 nitrogen and oxygen atoms in total. The summed E-state index contributed by atoms with van der Waals surface area (Å²) in [6.07, 6.45) is 56.4. The molecule has 0 bridgehead atoms. The lowest BCUT2D eigenvalue weighted by molar-refractivity contribution is -0.870. The van der Waals surface area contributed by atoms with E-state index < -0.39 is 32.5 Å². The molecule has 1 aromatic carbocycles. The van der Waals surface area contributed by atoms with Crippen molar-refractivity contribution in [2.75, 3.05) is 88.0 Å². The molecular formula is C82H153N2O16P. The number of nitrogens with zero attached hydrogens (tertiary/aromatic N) is 2. The molecule has 0 radical (unpaired) electrons. The van der Waals surface area contributed by atoms with E-state index in [1.165, 1.54) is 186 Å². The number of esters is 4. The van der Waals surface area contributed by atoms with Gasteiger partial charge in [0.2, 0.25) is 0 Å². The highest BCUT2D eigenvalue weighted by molar-refractivity contribution is 7.47. The Morgan fingerprint density at radius 2 is 0.792 bits per heavy atom. The van der Waals surface area contributed by atoms with E-state index >= 15 is 0 Å². The van der Waals surface area contributed by atoms with Gasteiger partial charge in [-0.2, -0.15) is 0 Å². The molecule has 101 heavy (non-hydrogen) atoms. The molecule has 0 aliphatic heterocycles. The molecule has 0 aliphatic rings. The van der Waals surface area contributed by atoms with Crippen molar-refractivity contribution in [1.29, 1.82) is 0 Å². The van der Waals surface area contributed by atoms with Gasteiger partial charge in [0.05, 0.1) is 47.6 Å². The van der Waals surface area contributed by atoms with Gasteiger partial charge in [-0.3, -0.25) is 28.2 Å². The Morgan fingerprint density at radius 3 is 1.22 bits per heavy atom. The van der Waals surface area contributed by atoms with Gasteiger partial charge in [-0.15, -0.1) is 0 Å². The molecule has 2 atom stereocenters. The molecule has 0 aliphatic carbocycles. The smallest absolute Gasteiger partial charge is 0.472 e. The van der Waals surface area contributed by atoms with Crippen molar-refractivity contribution in [2.45, 2.75) is 374 Å². The first kappa shape index (κ1) is 97.2. The minimum atomic E-state index is -4.37. The Hall–Kier alpha value is -3.80. The second-order valence-corrected chi connectivity index (χ2v) is 31.0. The van der Waals surface area contributed by atoms with Crippen LogP contribution in [0.15, 0.2) is 18.2 Å². The van der Waals surface area contributed by atoms with Crippen LogP contribution in [0, 0.1) is 0 Å². The van der Waals surface area contributed by atoms with E-state index in [1.54, 1.807) is 0 Å². The quantitative estimate of drug-likeness (QED) is 0.0210. The van der Waals surface area contributed by atoms with E-state index in [0.29, 0.717) is 68.0 Å². The maximum absolute atomic E-state index is 12.7. The van der Waals surface area contributed by atoms with Crippen molar-refractivity contribution in [2.24, 2.45) is 0 Å². The van der Waals surface area contributed by atoms with Gasteiger partial charge in [0.15, 0.2) is 6.10 Å². The Kier molecular flexibility index (Phi) is 67.9. The molecule has 1 unspecified atom stereocenters. The Bertz CT molecular complexity index is 2140. The first-order chi connectivity index (χ1) is 48.8. The third-order valence-electron chi connectivity index (χ3n) is 18.1. The molecule has 1 rings (SSSR count). The van der Waals surface area contributed by atoms with Crippen molar-refractivity contribution in [3.8, 4) is 11.5 Å². The lowest BCUT2D eigenvalue weighted by Crippen LogP contribution is -2.37. The fraction of sp³-hybridized carbons (Fsp3) is 0.866. The lowest BCUT2D eigenvalue weighted by atomic mass is 10.0. The highest BCUT2D eigenvalue weighted by atomic mass is 31.2. The van der Waals surface area contributed by atoms with Gasteiger partial charge < -0.3 is 52.6 Å². The number of carbonyl (C=O) groups excluding carboxylic acids is 5. The number of phosphoric acid groups is 1. The maximum atomic E-state index is 12.7. The van der Waals surface area contributed by atoms with E-state index in [0.717, 1.165) is 128 Å². The lowest BCUT2D eigenvalue weighted by Gasteiger charge is -2.24. The molecule has 0 spiro atoms. The number of likely N-dealkylation sites (N-methyl/N-ethyl adjacent to an activating group) is 1. The summed E-state index contributed by atoms with van der Waals surface area (Å²) in [6.45, 7) is 9.30. The number of carboxylic acid groups (broad SMARTS) is 1. The van der Waals surface area contributed by atoms with Crippen LogP contribution in [0.1, 0.15) is 367 Å². The first-order valence-electron chi connectivity index (χ1n) is 41.1. The van der Waals surface area contributed by atoms with Crippen LogP contribution in [0.5, 0.6) is 11.5 Å². The molecule has 0 heterocycles. The molecule has 592 valence electrons. The van der Waals surface area contributed by atoms with Crippen molar-refractivity contribution < 1.29 is 80.5 Å². The van der Waals surface area contributed by atoms with Crippen LogP contribution in [-0.2, 0) is 63.1 Å². The summed E-state index contributed by atoms with van der Waals surface area (Å²) in [7, 11) is 5.45. The van der Waals surface area contributed by atoms with E-state index in [2.05, 4.69) is 20.8 Å². The minimum absolute atomic E-state index is 0.0369. The number of unbranched alkanes of at least 4 members (excludes halogenated alkanes) is 42. The predicted octanol–water partition coefficient (Wildman–Crippen LogP) is 20.4. The highest BCUT2D eigenvalue weighted by Crippen LogP contribution is 2.43. The molecule has 0 saturated heterocycles. The number of phosphoric ester groups is 1. The predicted molar refractivity (Wildman–Crippen MR) is 409 cm³/mol. The van der Waals surface area contributed by atoms with Crippen LogP contribution in [0.25, 0.3) is 0 Å². The number of ether oxygens (including phenoxy) is 6. The molecule has 1 aromatic rings. The van der Waals surface area contributed by atoms with Crippen LogP contribution >= 0.6 is 7.82 Å². The minimum Gasteiger partial charge on any atom is -0.550 e. The van der Waals surface area contributed by atoms with Gasteiger partial charge >= 0.3 is 31.7 Å². The third-order valence-corrected chi connectivity index (χ3v) is 19.1. The molecule has 19 heteroatoms. The number of quaternary nitrogens is 1. The van der Waals surface area contributed by atoms with E-state index in [1.807, 2.05) is 58.3 Å². The zero-order valence-corrected chi connectivity index (χ0v) is 67.0. The zero-order valence-electron chi connectivity index (χ0n) is 66.1. The molecular weight excluding hydrogens is 1300 g/mol. The largest absolute Gasteiger partial charge is 0.550 e. The molecule has 0 saturated carbocycles. The summed E-state index contributed by atoms with van der Waals surface area (Å²) in [5.41, 5.74) is 0.778. The standard InChI is InChI=1S/C44H88NO8P.C38H65NO8/c1-6-8-10-12-14-16-18-20-22-24-26-28-30-32-34-36-43(46)50-40-42(41-52-54(48,49)51-39-38-45(3,4)5)53-44(47)37-35-33-31-29-27-25-23-21-19-17-15-13-11-9-7-2;1-4-5-6-7-8-13-20-30-46-37(42)23-17-12-10-15-19-29-45-35-26-25-34(44-28-18-14-9-11-16-22-36(40)41)31-33(35)32-47-38(43)24-21-27-39(2)3/h42H,6-41H2,1-5H3;25-26,31H,4-24,27-30,32H2,1-3H3,(H,40,41)/t42-;/m1./s1. The van der Waals surface area contributed by atoms with Gasteiger partial charge in [0.25, 0.3) is 0 Å². The van der Waals surface area contributed by atoms with Gasteiger partial charge in [-0.05, 0) is 96.6 Å². The number of aliphatic carboxylic acids is 1. The number of rotatable bonds is 74. The number of hydrogen-bond donors (Lipinski definition) is 1. The molecule has 1 N–H and O–H groups in total. The van der Waals surface area contributed by atoms with Crippen molar-refractivity contribution in [3.05, 3.63) is 23.8 Å². The molecule has 0 fully saturated rings. The molecule has 0 amide bonds.